The van der Waals surface area contributed by atoms with Crippen LogP contribution in [0.15, 0.2) is 65.6 Å². The Hall–Kier alpha value is -3.31. The number of ether oxygens (including phenoxy) is 1. The van der Waals surface area contributed by atoms with Crippen LogP contribution < -0.4 is 10.3 Å². The second-order valence-corrected chi connectivity index (χ2v) is 7.88. The predicted octanol–water partition coefficient (Wildman–Crippen LogP) is 4.86. The number of fused-ring (bicyclic) bond motifs is 1. The molecule has 0 fully saturated rings. The highest BCUT2D eigenvalue weighted by Gasteiger charge is 2.21. The summed E-state index contributed by atoms with van der Waals surface area (Å²) in [7, 11) is 1.74. The molecule has 0 bridgehead atoms. The van der Waals surface area contributed by atoms with Gasteiger partial charge in [0.2, 0.25) is 0 Å². The summed E-state index contributed by atoms with van der Waals surface area (Å²) >= 11 is 0. The molecule has 5 nitrogen and oxygen atoms in total. The van der Waals surface area contributed by atoms with E-state index in [0.29, 0.717) is 11.3 Å². The number of H-pyrrole nitrogens is 1. The Morgan fingerprint density at radius 1 is 1.03 bits per heavy atom. The summed E-state index contributed by atoms with van der Waals surface area (Å²) in [6.45, 7) is 5.43. The molecule has 5 heteroatoms. The molecule has 2 N–H and O–H groups in total. The number of rotatable bonds is 4. The van der Waals surface area contributed by atoms with E-state index in [0.717, 1.165) is 33.5 Å². The fourth-order valence-electron chi connectivity index (χ4n) is 3.51. The highest BCUT2D eigenvalue weighted by atomic mass is 16.5. The Balaban J connectivity index is 2.00. The number of nitrogens with zero attached hydrogens (tertiary/aromatic N) is 1. The lowest BCUT2D eigenvalue weighted by molar-refractivity contribution is 0.0786. The molecule has 2 aromatic heterocycles. The summed E-state index contributed by atoms with van der Waals surface area (Å²) in [6.07, 6.45) is 1.82. The maximum absolute atomic E-state index is 12.6. The van der Waals surface area contributed by atoms with E-state index in [-0.39, 0.29) is 5.56 Å². The number of pyridine rings is 1. The van der Waals surface area contributed by atoms with Gasteiger partial charge in [-0.25, -0.2) is 0 Å². The van der Waals surface area contributed by atoms with Crippen molar-refractivity contribution in [1.29, 1.82) is 0 Å². The molecule has 0 aliphatic rings. The Bertz CT molecular complexity index is 1250. The molecule has 29 heavy (non-hydrogen) atoms. The Labute approximate surface area is 169 Å². The summed E-state index contributed by atoms with van der Waals surface area (Å²) in [4.78, 5) is 15.8. The van der Waals surface area contributed by atoms with Crippen molar-refractivity contribution in [1.82, 2.24) is 9.55 Å². The van der Waals surface area contributed by atoms with Crippen LogP contribution in [-0.4, -0.2) is 14.7 Å². The third-order valence-electron chi connectivity index (χ3n) is 5.05. The lowest BCUT2D eigenvalue weighted by Gasteiger charge is -2.21. The van der Waals surface area contributed by atoms with Gasteiger partial charge in [0.15, 0.2) is 0 Å². The van der Waals surface area contributed by atoms with Crippen molar-refractivity contribution in [2.24, 2.45) is 7.05 Å². The quantitative estimate of drug-likeness (QED) is 0.525. The van der Waals surface area contributed by atoms with Crippen molar-refractivity contribution < 1.29 is 9.84 Å². The molecule has 4 aromatic rings. The third kappa shape index (κ3) is 3.57. The number of aromatic amines is 1. The number of nitrogens with one attached hydrogen (secondary N) is 1. The van der Waals surface area contributed by atoms with Crippen LogP contribution in [0.3, 0.4) is 0 Å². The summed E-state index contributed by atoms with van der Waals surface area (Å²) in [5, 5.41) is 11.4. The molecule has 2 aromatic carbocycles. The molecule has 0 aliphatic carbocycles. The molecule has 0 saturated carbocycles. The van der Waals surface area contributed by atoms with Crippen molar-refractivity contribution in [3.63, 3.8) is 0 Å². The second-order valence-electron chi connectivity index (χ2n) is 7.88. The van der Waals surface area contributed by atoms with E-state index in [4.69, 9.17) is 4.74 Å². The van der Waals surface area contributed by atoms with E-state index < -0.39 is 5.60 Å². The van der Waals surface area contributed by atoms with E-state index in [1.165, 1.54) is 0 Å². The van der Waals surface area contributed by atoms with Gasteiger partial charge in [-0.2, -0.15) is 0 Å². The Morgan fingerprint density at radius 3 is 2.45 bits per heavy atom. The van der Waals surface area contributed by atoms with E-state index in [2.05, 4.69) is 4.98 Å². The Morgan fingerprint density at radius 2 is 1.76 bits per heavy atom. The number of aliphatic hydroxyl groups is 1. The monoisotopic (exact) mass is 388 g/mol. The molecule has 0 spiro atoms. The van der Waals surface area contributed by atoms with Gasteiger partial charge in [-0.1, -0.05) is 24.3 Å². The van der Waals surface area contributed by atoms with E-state index in [9.17, 15) is 9.90 Å². The summed E-state index contributed by atoms with van der Waals surface area (Å²) in [5.41, 5.74) is 2.82. The van der Waals surface area contributed by atoms with Crippen LogP contribution in [0.5, 0.6) is 11.5 Å². The van der Waals surface area contributed by atoms with Crippen LogP contribution >= 0.6 is 0 Å². The molecular weight excluding hydrogens is 364 g/mol. The molecule has 4 rings (SSSR count). The fourth-order valence-corrected chi connectivity index (χ4v) is 3.51. The topological polar surface area (TPSA) is 67.2 Å². The number of para-hydroxylation sites is 1. The van der Waals surface area contributed by atoms with E-state index in [1.807, 2.05) is 67.7 Å². The van der Waals surface area contributed by atoms with Crippen LogP contribution in [-0.2, 0) is 12.6 Å². The summed E-state index contributed by atoms with van der Waals surface area (Å²) < 4.78 is 7.74. The zero-order valence-electron chi connectivity index (χ0n) is 17.0. The number of hydrogen-bond donors (Lipinski definition) is 2. The molecule has 0 atom stereocenters. The molecule has 0 amide bonds. The molecular formula is C24H24N2O3. The van der Waals surface area contributed by atoms with Crippen molar-refractivity contribution in [2.75, 3.05) is 0 Å². The number of hydrogen-bond acceptors (Lipinski definition) is 3. The molecule has 2 heterocycles. The largest absolute Gasteiger partial charge is 0.457 e. The zero-order valence-corrected chi connectivity index (χ0v) is 17.0. The van der Waals surface area contributed by atoms with Gasteiger partial charge in [0.05, 0.1) is 5.60 Å². The minimum absolute atomic E-state index is 0.0824. The first-order valence-corrected chi connectivity index (χ1v) is 9.53. The number of aromatic nitrogens is 2. The second kappa shape index (κ2) is 6.94. The molecule has 0 unspecified atom stereocenters. The normalized spacial score (nSPS) is 11.8. The van der Waals surface area contributed by atoms with Gasteiger partial charge in [0, 0.05) is 35.5 Å². The fraction of sp³-hybridized carbons (Fsp3) is 0.208. The minimum Gasteiger partial charge on any atom is -0.457 e. The maximum Gasteiger partial charge on any atom is 0.274 e. The first-order valence-electron chi connectivity index (χ1n) is 9.53. The van der Waals surface area contributed by atoms with Crippen molar-refractivity contribution in [3.8, 4) is 22.6 Å². The SMILES string of the molecule is Cc1cc2c(-c3cc(C(C)(C)O)ccc3Oc3ccccc3)cn(C)c(=O)c2[nH]1. The van der Waals surface area contributed by atoms with Gasteiger partial charge < -0.3 is 19.4 Å². The molecule has 0 saturated heterocycles. The van der Waals surface area contributed by atoms with Crippen molar-refractivity contribution in [3.05, 3.63) is 82.4 Å². The smallest absolute Gasteiger partial charge is 0.274 e. The minimum atomic E-state index is -1.01. The van der Waals surface area contributed by atoms with Gasteiger partial charge in [0.1, 0.15) is 17.0 Å². The molecule has 0 radical (unpaired) electrons. The third-order valence-corrected chi connectivity index (χ3v) is 5.05. The van der Waals surface area contributed by atoms with Crippen LogP contribution in [0.25, 0.3) is 22.0 Å². The van der Waals surface area contributed by atoms with Gasteiger partial charge in [-0.15, -0.1) is 0 Å². The lowest BCUT2D eigenvalue weighted by Crippen LogP contribution is -2.17. The highest BCUT2D eigenvalue weighted by molar-refractivity contribution is 5.96. The van der Waals surface area contributed by atoms with Crippen LogP contribution in [0.4, 0.5) is 0 Å². The first kappa shape index (κ1) is 19.0. The van der Waals surface area contributed by atoms with Crippen LogP contribution in [0.1, 0.15) is 25.1 Å². The maximum atomic E-state index is 12.6. The molecule has 0 aliphatic heterocycles. The zero-order chi connectivity index (χ0) is 20.8. The first-order chi connectivity index (χ1) is 13.7. The van der Waals surface area contributed by atoms with Gasteiger partial charge >= 0.3 is 0 Å². The summed E-state index contributed by atoms with van der Waals surface area (Å²) in [6, 6.07) is 17.2. The standard InChI is InChI=1S/C24H24N2O3/c1-15-12-19-20(14-26(4)23(27)22(19)25-15)18-13-16(24(2,3)28)10-11-21(18)29-17-8-6-5-7-9-17/h5-14,25,28H,1-4H3. The molecule has 148 valence electrons. The number of aryl methyl sites for hydroxylation is 2. The predicted molar refractivity (Wildman–Crippen MR) is 115 cm³/mol. The van der Waals surface area contributed by atoms with Gasteiger partial charge in [-0.3, -0.25) is 4.79 Å². The lowest BCUT2D eigenvalue weighted by atomic mass is 9.93. The van der Waals surface area contributed by atoms with Gasteiger partial charge in [-0.05, 0) is 56.7 Å². The summed E-state index contributed by atoms with van der Waals surface area (Å²) in [5.74, 6) is 1.37. The van der Waals surface area contributed by atoms with Crippen molar-refractivity contribution >= 4 is 10.9 Å². The average Bonchev–Trinajstić information content (AvgIpc) is 3.07. The van der Waals surface area contributed by atoms with E-state index in [1.54, 1.807) is 25.5 Å². The highest BCUT2D eigenvalue weighted by Crippen LogP contribution is 2.39. The van der Waals surface area contributed by atoms with Crippen LogP contribution in [0, 0.1) is 6.92 Å². The van der Waals surface area contributed by atoms with Crippen molar-refractivity contribution in [2.45, 2.75) is 26.4 Å². The average molecular weight is 388 g/mol. The Kier molecular flexibility index (Phi) is 4.55. The van der Waals surface area contributed by atoms with E-state index >= 15 is 0 Å². The number of benzene rings is 2. The van der Waals surface area contributed by atoms with Gasteiger partial charge in [0.25, 0.3) is 5.56 Å². The van der Waals surface area contributed by atoms with Crippen LogP contribution in [0.2, 0.25) is 0 Å².